The molecule has 2 heterocycles. The third-order valence-electron chi connectivity index (χ3n) is 3.05. The fraction of sp³-hybridized carbons (Fsp3) is 0.636. The summed E-state index contributed by atoms with van der Waals surface area (Å²) in [7, 11) is 0. The number of nitrogens with one attached hydrogen (secondary N) is 1. The summed E-state index contributed by atoms with van der Waals surface area (Å²) in [5.41, 5.74) is -0.297. The highest BCUT2D eigenvalue weighted by molar-refractivity contribution is 6.40. The molecule has 8 heteroatoms. The minimum Gasteiger partial charge on any atom is -0.472 e. The SMILES string of the molecule is O=[N+]([O-])C(/C(Cl)=C(/Cl)N1CCCCC1)=C1\NCCO1. The van der Waals surface area contributed by atoms with E-state index < -0.39 is 4.92 Å². The number of piperidine rings is 1. The van der Waals surface area contributed by atoms with E-state index in [1.54, 1.807) is 0 Å². The Bertz CT molecular complexity index is 423. The minimum absolute atomic E-state index is 0.0713. The molecule has 0 spiro atoms. The first-order valence-corrected chi connectivity index (χ1v) is 6.93. The van der Waals surface area contributed by atoms with Crippen LogP contribution in [-0.2, 0) is 4.74 Å². The van der Waals surface area contributed by atoms with E-state index in [4.69, 9.17) is 27.9 Å². The Morgan fingerprint density at radius 3 is 2.53 bits per heavy atom. The Morgan fingerprint density at radius 2 is 2.00 bits per heavy atom. The summed E-state index contributed by atoms with van der Waals surface area (Å²) in [5.74, 6) is 0.0881. The summed E-state index contributed by atoms with van der Waals surface area (Å²) in [4.78, 5) is 12.4. The first-order valence-electron chi connectivity index (χ1n) is 6.17. The fourth-order valence-electron chi connectivity index (χ4n) is 2.11. The number of likely N-dealkylation sites (tertiary alicyclic amines) is 1. The molecule has 0 aliphatic carbocycles. The molecular formula is C11H15Cl2N3O3. The van der Waals surface area contributed by atoms with E-state index in [2.05, 4.69) is 5.32 Å². The number of rotatable bonds is 3. The lowest BCUT2D eigenvalue weighted by Gasteiger charge is -2.28. The second kappa shape index (κ2) is 6.34. The van der Waals surface area contributed by atoms with E-state index in [-0.39, 0.29) is 21.8 Å². The molecule has 0 aromatic carbocycles. The van der Waals surface area contributed by atoms with Gasteiger partial charge in [0.1, 0.15) is 11.8 Å². The van der Waals surface area contributed by atoms with Gasteiger partial charge in [-0.15, -0.1) is 0 Å². The summed E-state index contributed by atoms with van der Waals surface area (Å²) < 4.78 is 5.17. The molecule has 2 aliphatic heterocycles. The first-order chi connectivity index (χ1) is 9.11. The van der Waals surface area contributed by atoms with Crippen molar-refractivity contribution in [3.05, 3.63) is 31.9 Å². The quantitative estimate of drug-likeness (QED) is 0.492. The van der Waals surface area contributed by atoms with Crippen LogP contribution in [0.1, 0.15) is 19.3 Å². The molecule has 2 fully saturated rings. The zero-order chi connectivity index (χ0) is 13.8. The molecule has 0 saturated carbocycles. The number of nitro groups is 1. The standard InChI is InChI=1S/C11H15Cl2N3O3/c12-8(10(13)15-5-2-1-3-6-15)9(16(17)18)11-14-4-7-19-11/h14H,1-7H2/b10-8+,11-9+. The molecule has 0 unspecified atom stereocenters. The highest BCUT2D eigenvalue weighted by Crippen LogP contribution is 2.29. The monoisotopic (exact) mass is 307 g/mol. The van der Waals surface area contributed by atoms with Gasteiger partial charge in [-0.3, -0.25) is 10.1 Å². The Kier molecular flexibility index (Phi) is 4.76. The molecule has 106 valence electrons. The van der Waals surface area contributed by atoms with Gasteiger partial charge in [-0.05, 0) is 19.3 Å². The molecule has 6 nitrogen and oxygen atoms in total. The van der Waals surface area contributed by atoms with E-state index in [1.165, 1.54) is 0 Å². The van der Waals surface area contributed by atoms with Gasteiger partial charge in [-0.25, -0.2) is 0 Å². The molecule has 0 bridgehead atoms. The molecule has 0 atom stereocenters. The van der Waals surface area contributed by atoms with Crippen LogP contribution >= 0.6 is 23.2 Å². The van der Waals surface area contributed by atoms with Crippen molar-refractivity contribution in [1.29, 1.82) is 0 Å². The third-order valence-corrected chi connectivity index (χ3v) is 3.94. The number of allylic oxidation sites excluding steroid dienone is 1. The summed E-state index contributed by atoms with van der Waals surface area (Å²) in [6.07, 6.45) is 3.17. The summed E-state index contributed by atoms with van der Waals surface area (Å²) in [5, 5.41) is 14.1. The molecule has 0 amide bonds. The van der Waals surface area contributed by atoms with Gasteiger partial charge in [0, 0.05) is 13.1 Å². The minimum atomic E-state index is -0.567. The lowest BCUT2D eigenvalue weighted by Crippen LogP contribution is -2.28. The number of hydrogen-bond acceptors (Lipinski definition) is 5. The summed E-state index contributed by atoms with van der Waals surface area (Å²) in [6.45, 7) is 2.45. The lowest BCUT2D eigenvalue weighted by atomic mass is 10.1. The Morgan fingerprint density at radius 1 is 1.32 bits per heavy atom. The van der Waals surface area contributed by atoms with Gasteiger partial charge in [0.25, 0.3) is 5.88 Å². The normalized spacial score (nSPS) is 23.4. The van der Waals surface area contributed by atoms with Gasteiger partial charge in [0.05, 0.1) is 11.5 Å². The van der Waals surface area contributed by atoms with Crippen LogP contribution in [0.4, 0.5) is 0 Å². The van der Waals surface area contributed by atoms with Gasteiger partial charge >= 0.3 is 5.70 Å². The Labute approximate surface area is 121 Å². The highest BCUT2D eigenvalue weighted by atomic mass is 35.5. The maximum Gasteiger partial charge on any atom is 0.349 e. The average Bonchev–Trinajstić information content (AvgIpc) is 2.92. The van der Waals surface area contributed by atoms with Gasteiger partial charge in [-0.1, -0.05) is 23.2 Å². The zero-order valence-electron chi connectivity index (χ0n) is 10.3. The van der Waals surface area contributed by atoms with Gasteiger partial charge < -0.3 is 15.0 Å². The zero-order valence-corrected chi connectivity index (χ0v) is 11.8. The fourth-order valence-corrected chi connectivity index (χ4v) is 2.64. The van der Waals surface area contributed by atoms with E-state index in [0.717, 1.165) is 32.4 Å². The van der Waals surface area contributed by atoms with E-state index in [1.807, 2.05) is 4.90 Å². The molecular weight excluding hydrogens is 293 g/mol. The molecule has 2 saturated heterocycles. The maximum atomic E-state index is 11.1. The molecule has 2 aliphatic rings. The lowest BCUT2D eigenvalue weighted by molar-refractivity contribution is -0.423. The van der Waals surface area contributed by atoms with Gasteiger partial charge in [0.2, 0.25) is 0 Å². The highest BCUT2D eigenvalue weighted by Gasteiger charge is 2.31. The average molecular weight is 308 g/mol. The largest absolute Gasteiger partial charge is 0.472 e. The van der Waals surface area contributed by atoms with Crippen molar-refractivity contribution in [3.63, 3.8) is 0 Å². The van der Waals surface area contributed by atoms with Gasteiger partial charge in [0.15, 0.2) is 5.03 Å². The number of nitrogens with zero attached hydrogens (tertiary/aromatic N) is 2. The summed E-state index contributed by atoms with van der Waals surface area (Å²) in [6, 6.07) is 0. The van der Waals surface area contributed by atoms with Crippen molar-refractivity contribution >= 4 is 23.2 Å². The van der Waals surface area contributed by atoms with Crippen LogP contribution in [0.5, 0.6) is 0 Å². The van der Waals surface area contributed by atoms with Crippen molar-refractivity contribution in [3.8, 4) is 0 Å². The smallest absolute Gasteiger partial charge is 0.349 e. The van der Waals surface area contributed by atoms with Crippen molar-refractivity contribution in [2.24, 2.45) is 0 Å². The van der Waals surface area contributed by atoms with Crippen molar-refractivity contribution in [2.45, 2.75) is 19.3 Å². The molecule has 2 rings (SSSR count). The molecule has 0 aromatic rings. The molecule has 0 radical (unpaired) electrons. The Balaban J connectivity index is 2.29. The van der Waals surface area contributed by atoms with E-state index in [0.29, 0.717) is 13.2 Å². The van der Waals surface area contributed by atoms with E-state index in [9.17, 15) is 10.1 Å². The molecule has 0 aromatic heterocycles. The van der Waals surface area contributed by atoms with Crippen LogP contribution in [-0.4, -0.2) is 36.1 Å². The van der Waals surface area contributed by atoms with Crippen molar-refractivity contribution in [2.75, 3.05) is 26.2 Å². The summed E-state index contributed by atoms with van der Waals surface area (Å²) >= 11 is 12.3. The van der Waals surface area contributed by atoms with Crippen LogP contribution < -0.4 is 5.32 Å². The van der Waals surface area contributed by atoms with Crippen LogP contribution in [0.3, 0.4) is 0 Å². The number of halogens is 2. The number of ether oxygens (including phenoxy) is 1. The third kappa shape index (κ3) is 3.25. The number of hydrogen-bond donors (Lipinski definition) is 1. The molecule has 1 N–H and O–H groups in total. The second-order valence-corrected chi connectivity index (χ2v) is 5.10. The molecule has 19 heavy (non-hydrogen) atoms. The van der Waals surface area contributed by atoms with Crippen molar-refractivity contribution < 1.29 is 9.66 Å². The predicted molar refractivity (Wildman–Crippen MR) is 72.1 cm³/mol. The van der Waals surface area contributed by atoms with Crippen LogP contribution in [0.15, 0.2) is 21.8 Å². The maximum absolute atomic E-state index is 11.1. The first kappa shape index (κ1) is 14.3. The van der Waals surface area contributed by atoms with Crippen molar-refractivity contribution in [1.82, 2.24) is 10.2 Å². The van der Waals surface area contributed by atoms with Crippen LogP contribution in [0, 0.1) is 10.1 Å². The topological polar surface area (TPSA) is 67.6 Å². The Hall–Kier alpha value is -1.14. The predicted octanol–water partition coefficient (Wildman–Crippen LogP) is 2.18. The van der Waals surface area contributed by atoms with E-state index >= 15 is 0 Å². The van der Waals surface area contributed by atoms with Gasteiger partial charge in [-0.2, -0.15) is 0 Å². The second-order valence-electron chi connectivity index (χ2n) is 4.36. The van der Waals surface area contributed by atoms with Crippen LogP contribution in [0.25, 0.3) is 0 Å². The van der Waals surface area contributed by atoms with Crippen LogP contribution in [0.2, 0.25) is 0 Å².